The summed E-state index contributed by atoms with van der Waals surface area (Å²) < 4.78 is 33.9. The normalized spacial score (nSPS) is 14.6. The first-order valence-electron chi connectivity index (χ1n) is 8.31. The summed E-state index contributed by atoms with van der Waals surface area (Å²) in [6, 6.07) is 3.64. The number of amides is 1. The van der Waals surface area contributed by atoms with Crippen LogP contribution in [0.5, 0.6) is 11.5 Å². The zero-order valence-corrected chi connectivity index (χ0v) is 15.9. The number of nitrogens with one attached hydrogen (secondary N) is 1. The first kappa shape index (κ1) is 19.1. The summed E-state index contributed by atoms with van der Waals surface area (Å²) in [7, 11) is 0.365. The fourth-order valence-corrected chi connectivity index (χ4v) is 3.30. The second-order valence-corrected chi connectivity index (χ2v) is 6.71. The lowest BCUT2D eigenvalue weighted by Gasteiger charge is -2.35. The van der Waals surface area contributed by atoms with Gasteiger partial charge in [-0.25, -0.2) is 23.1 Å². The first-order chi connectivity index (χ1) is 13.0. The van der Waals surface area contributed by atoms with Gasteiger partial charge >= 0.3 is 0 Å². The highest BCUT2D eigenvalue weighted by Gasteiger charge is 2.23. The van der Waals surface area contributed by atoms with Crippen LogP contribution in [0.2, 0.25) is 0 Å². The van der Waals surface area contributed by atoms with E-state index in [0.717, 1.165) is 16.7 Å². The van der Waals surface area contributed by atoms with E-state index in [-0.39, 0.29) is 12.5 Å². The summed E-state index contributed by atoms with van der Waals surface area (Å²) in [4.78, 5) is 24.5. The van der Waals surface area contributed by atoms with E-state index >= 15 is 0 Å². The molecule has 0 atom stereocenters. The van der Waals surface area contributed by atoms with Gasteiger partial charge in [0, 0.05) is 37.6 Å². The number of carbonyl (C=O) groups is 1. The van der Waals surface area contributed by atoms with E-state index in [1.54, 1.807) is 25.2 Å². The van der Waals surface area contributed by atoms with Gasteiger partial charge < -0.3 is 19.3 Å². The molecule has 1 saturated heterocycles. The molecule has 2 aromatic rings. The molecule has 10 nitrogen and oxygen atoms in total. The van der Waals surface area contributed by atoms with Crippen LogP contribution in [0.1, 0.15) is 0 Å². The van der Waals surface area contributed by atoms with Crippen molar-refractivity contribution >= 4 is 33.5 Å². The molecule has 1 aliphatic heterocycles. The van der Waals surface area contributed by atoms with E-state index in [0.29, 0.717) is 37.7 Å². The van der Waals surface area contributed by atoms with Gasteiger partial charge in [-0.3, -0.25) is 4.79 Å². The molecule has 0 radical (unpaired) electrons. The number of benzene rings is 1. The molecule has 1 N–H and O–H groups in total. The van der Waals surface area contributed by atoms with Gasteiger partial charge in [-0.05, 0) is 6.07 Å². The Morgan fingerprint density at radius 1 is 1.11 bits per heavy atom. The molecule has 1 aromatic heterocycles. The van der Waals surface area contributed by atoms with Crippen LogP contribution >= 0.6 is 0 Å². The number of fused-ring (bicyclic) bond motifs is 1. The van der Waals surface area contributed by atoms with Crippen LogP contribution in [0.25, 0.3) is 10.9 Å². The third kappa shape index (κ3) is 4.19. The molecule has 146 valence electrons. The number of piperazine rings is 1. The van der Waals surface area contributed by atoms with Gasteiger partial charge in [-0.1, -0.05) is 0 Å². The Morgan fingerprint density at radius 3 is 2.41 bits per heavy atom. The topological polar surface area (TPSA) is 114 Å². The summed E-state index contributed by atoms with van der Waals surface area (Å²) in [5.74, 6) is 1.70. The number of thiol groups is 1. The van der Waals surface area contributed by atoms with Crippen molar-refractivity contribution in [1.82, 2.24) is 19.6 Å². The Labute approximate surface area is 158 Å². The number of methoxy groups -OCH3 is 2. The highest BCUT2D eigenvalue weighted by atomic mass is 32.2. The number of anilines is 1. The third-order valence-electron chi connectivity index (χ3n) is 4.41. The second-order valence-electron chi connectivity index (χ2n) is 5.88. The summed E-state index contributed by atoms with van der Waals surface area (Å²) in [6.45, 7) is 1.90. The van der Waals surface area contributed by atoms with Crippen LogP contribution in [0.3, 0.4) is 0 Å². The number of carbonyl (C=O) groups excluding carboxylic acids is 1. The molecular formula is C16H21N5O5S. The van der Waals surface area contributed by atoms with Crippen LogP contribution in [0, 0.1) is 0 Å². The predicted molar refractivity (Wildman–Crippen MR) is 99.8 cm³/mol. The monoisotopic (exact) mass is 395 g/mol. The van der Waals surface area contributed by atoms with Crippen LogP contribution in [0.4, 0.5) is 5.82 Å². The zero-order chi connectivity index (χ0) is 19.4. The van der Waals surface area contributed by atoms with E-state index < -0.39 is 10.9 Å². The van der Waals surface area contributed by atoms with Gasteiger partial charge in [-0.15, -0.1) is 0 Å². The maximum Gasteiger partial charge on any atom is 0.237 e. The molecule has 2 heterocycles. The van der Waals surface area contributed by atoms with Crippen LogP contribution in [-0.2, 0) is 15.7 Å². The van der Waals surface area contributed by atoms with E-state index in [9.17, 15) is 13.2 Å². The van der Waals surface area contributed by atoms with Crippen LogP contribution in [-0.4, -0.2) is 76.1 Å². The molecule has 11 heteroatoms. The highest BCUT2D eigenvalue weighted by Crippen LogP contribution is 2.34. The molecule has 0 aliphatic carbocycles. The minimum absolute atomic E-state index is 0.216. The summed E-state index contributed by atoms with van der Waals surface area (Å²) >= 11 is 0. The van der Waals surface area contributed by atoms with Crippen molar-refractivity contribution in [3.63, 3.8) is 0 Å². The van der Waals surface area contributed by atoms with Crippen molar-refractivity contribution in [2.24, 2.45) is 0 Å². The molecule has 0 saturated carbocycles. The SMILES string of the molecule is COc1cc2ncnc(N3CCN(C(=O)CN[SH](=O)=O)CC3)c2cc1OC. The lowest BCUT2D eigenvalue weighted by Crippen LogP contribution is -2.51. The molecule has 0 unspecified atom stereocenters. The van der Waals surface area contributed by atoms with E-state index in [1.165, 1.54) is 6.33 Å². The summed E-state index contributed by atoms with van der Waals surface area (Å²) in [6.07, 6.45) is 1.50. The maximum atomic E-state index is 12.0. The van der Waals surface area contributed by atoms with Gasteiger partial charge in [0.2, 0.25) is 16.8 Å². The van der Waals surface area contributed by atoms with Crippen LogP contribution < -0.4 is 19.1 Å². The molecule has 3 rings (SSSR count). The Balaban J connectivity index is 1.78. The van der Waals surface area contributed by atoms with E-state index in [1.807, 2.05) is 6.07 Å². The quantitative estimate of drug-likeness (QED) is 0.624. The molecule has 1 aliphatic rings. The highest BCUT2D eigenvalue weighted by molar-refractivity contribution is 7.70. The van der Waals surface area contributed by atoms with Gasteiger partial charge in [0.1, 0.15) is 12.1 Å². The van der Waals surface area contributed by atoms with Gasteiger partial charge in [0.15, 0.2) is 11.5 Å². The van der Waals surface area contributed by atoms with E-state index in [4.69, 9.17) is 9.47 Å². The number of nitrogens with zero attached hydrogens (tertiary/aromatic N) is 4. The molecule has 0 bridgehead atoms. The Kier molecular flexibility index (Phi) is 5.91. The average Bonchev–Trinajstić information content (AvgIpc) is 2.70. The van der Waals surface area contributed by atoms with Crippen molar-refractivity contribution in [2.45, 2.75) is 0 Å². The lowest BCUT2D eigenvalue weighted by molar-refractivity contribution is -0.130. The van der Waals surface area contributed by atoms with Crippen molar-refractivity contribution < 1.29 is 22.7 Å². The van der Waals surface area contributed by atoms with Crippen molar-refractivity contribution in [2.75, 3.05) is 51.8 Å². The lowest BCUT2D eigenvalue weighted by atomic mass is 10.2. The minimum atomic E-state index is -2.78. The minimum Gasteiger partial charge on any atom is -0.493 e. The van der Waals surface area contributed by atoms with Crippen molar-refractivity contribution in [1.29, 1.82) is 0 Å². The van der Waals surface area contributed by atoms with Gasteiger partial charge in [0.25, 0.3) is 0 Å². The summed E-state index contributed by atoms with van der Waals surface area (Å²) in [5.41, 5.74) is 0.736. The Morgan fingerprint density at radius 2 is 1.78 bits per heavy atom. The third-order valence-corrected chi connectivity index (χ3v) is 4.83. The average molecular weight is 395 g/mol. The largest absolute Gasteiger partial charge is 0.493 e. The molecule has 1 aromatic carbocycles. The van der Waals surface area contributed by atoms with Gasteiger partial charge in [0.05, 0.1) is 26.3 Å². The predicted octanol–water partition coefficient (Wildman–Crippen LogP) is -0.588. The van der Waals surface area contributed by atoms with E-state index in [2.05, 4.69) is 19.6 Å². The standard InChI is InChI=1S/C16H21N5O5S/c1-25-13-7-11-12(8-14(13)26-2)17-10-18-16(11)21-5-3-20(4-6-21)15(22)9-19-27(23)24/h7-8,10,27H,3-6,9H2,1-2H3,(H,19,23,24). The van der Waals surface area contributed by atoms with Crippen LogP contribution in [0.15, 0.2) is 18.5 Å². The number of hydrogen-bond acceptors (Lipinski definition) is 8. The number of rotatable bonds is 6. The molecular weight excluding hydrogens is 374 g/mol. The number of hydrogen-bond donors (Lipinski definition) is 2. The first-order valence-corrected chi connectivity index (χ1v) is 9.48. The summed E-state index contributed by atoms with van der Waals surface area (Å²) in [5, 5.41) is 0.833. The fourth-order valence-electron chi connectivity index (χ4n) is 3.03. The fraction of sp³-hybridized carbons (Fsp3) is 0.438. The Hall–Kier alpha value is -2.66. The smallest absolute Gasteiger partial charge is 0.237 e. The van der Waals surface area contributed by atoms with Crippen molar-refractivity contribution in [3.05, 3.63) is 18.5 Å². The maximum absolute atomic E-state index is 12.0. The number of ether oxygens (including phenoxy) is 2. The zero-order valence-electron chi connectivity index (χ0n) is 15.0. The van der Waals surface area contributed by atoms with Crippen molar-refractivity contribution in [3.8, 4) is 11.5 Å². The molecule has 1 fully saturated rings. The molecule has 1 amide bonds. The molecule has 0 spiro atoms. The van der Waals surface area contributed by atoms with Gasteiger partial charge in [-0.2, -0.15) is 0 Å². The second kappa shape index (κ2) is 8.35. The molecule has 27 heavy (non-hydrogen) atoms. The number of aromatic nitrogens is 2. The Bertz CT molecular complexity index is 903.